The van der Waals surface area contributed by atoms with E-state index < -0.39 is 0 Å². The Kier molecular flexibility index (Phi) is 4.33. The van der Waals surface area contributed by atoms with Crippen LogP contribution in [0.1, 0.15) is 37.5 Å². The molecule has 2 heteroatoms. The average molecular weight is 270 g/mol. The molecule has 2 aromatic carbocycles. The number of aryl methyl sites for hydroxylation is 3. The van der Waals surface area contributed by atoms with Gasteiger partial charge in [-0.15, -0.1) is 0 Å². The topological polar surface area (TPSA) is 40.5 Å². The summed E-state index contributed by atoms with van der Waals surface area (Å²) in [6, 6.07) is 9.99. The molecule has 0 aliphatic heterocycles. The quantitative estimate of drug-likeness (QED) is 0.806. The summed E-state index contributed by atoms with van der Waals surface area (Å²) in [6.45, 7) is 6.24. The second-order valence-electron chi connectivity index (χ2n) is 5.01. The van der Waals surface area contributed by atoms with Crippen molar-refractivity contribution in [2.45, 2.75) is 40.0 Å². The third-order valence-electron chi connectivity index (χ3n) is 3.89. The van der Waals surface area contributed by atoms with Crippen molar-refractivity contribution in [2.75, 3.05) is 0 Å². The first-order valence-electron chi connectivity index (χ1n) is 7.28. The van der Waals surface area contributed by atoms with Gasteiger partial charge in [0, 0.05) is 5.56 Å². The highest BCUT2D eigenvalue weighted by Crippen LogP contribution is 2.39. The van der Waals surface area contributed by atoms with E-state index in [4.69, 9.17) is 0 Å². The third kappa shape index (κ3) is 2.51. The molecule has 0 amide bonds. The van der Waals surface area contributed by atoms with Crippen LogP contribution in [0.15, 0.2) is 30.3 Å². The summed E-state index contributed by atoms with van der Waals surface area (Å²) < 4.78 is 0. The molecule has 0 spiro atoms. The highest BCUT2D eigenvalue weighted by Gasteiger charge is 2.13. The molecule has 0 aromatic heterocycles. The van der Waals surface area contributed by atoms with E-state index in [9.17, 15) is 10.2 Å². The van der Waals surface area contributed by atoms with Gasteiger partial charge in [-0.2, -0.15) is 0 Å². The molecule has 2 rings (SSSR count). The molecule has 106 valence electrons. The van der Waals surface area contributed by atoms with Crippen molar-refractivity contribution in [3.63, 3.8) is 0 Å². The van der Waals surface area contributed by atoms with Crippen molar-refractivity contribution in [2.24, 2.45) is 0 Å². The minimum absolute atomic E-state index is 0.00242. The van der Waals surface area contributed by atoms with Crippen molar-refractivity contribution in [1.82, 2.24) is 0 Å². The summed E-state index contributed by atoms with van der Waals surface area (Å²) >= 11 is 0. The van der Waals surface area contributed by atoms with Crippen LogP contribution in [0.3, 0.4) is 0 Å². The lowest BCUT2D eigenvalue weighted by atomic mass is 9.95. The maximum Gasteiger partial charge on any atom is 0.165 e. The van der Waals surface area contributed by atoms with Crippen molar-refractivity contribution < 1.29 is 10.2 Å². The summed E-state index contributed by atoms with van der Waals surface area (Å²) in [5.41, 5.74) is 5.05. The molecule has 2 nitrogen and oxygen atoms in total. The van der Waals surface area contributed by atoms with E-state index in [1.165, 1.54) is 11.1 Å². The van der Waals surface area contributed by atoms with Crippen LogP contribution in [0.2, 0.25) is 0 Å². The first-order valence-corrected chi connectivity index (χ1v) is 7.28. The molecule has 0 bridgehead atoms. The average Bonchev–Trinajstić information content (AvgIpc) is 2.49. The number of hydrogen-bond acceptors (Lipinski definition) is 2. The minimum Gasteiger partial charge on any atom is -0.504 e. The fourth-order valence-electron chi connectivity index (χ4n) is 2.61. The van der Waals surface area contributed by atoms with Gasteiger partial charge >= 0.3 is 0 Å². The van der Waals surface area contributed by atoms with Crippen molar-refractivity contribution >= 4 is 0 Å². The minimum atomic E-state index is -0.0179. The third-order valence-corrected chi connectivity index (χ3v) is 3.89. The zero-order valence-electron chi connectivity index (χ0n) is 12.4. The Balaban J connectivity index is 2.54. The van der Waals surface area contributed by atoms with Gasteiger partial charge in [0.05, 0.1) is 0 Å². The van der Waals surface area contributed by atoms with Crippen molar-refractivity contribution in [3.05, 3.63) is 47.0 Å². The number of benzene rings is 2. The first kappa shape index (κ1) is 14.4. The molecular weight excluding hydrogens is 248 g/mol. The van der Waals surface area contributed by atoms with Crippen LogP contribution in [-0.2, 0) is 19.3 Å². The zero-order valence-corrected chi connectivity index (χ0v) is 12.4. The lowest BCUT2D eigenvalue weighted by Crippen LogP contribution is -1.92. The molecule has 0 unspecified atom stereocenters. The molecule has 20 heavy (non-hydrogen) atoms. The van der Waals surface area contributed by atoms with E-state index in [2.05, 4.69) is 26.0 Å². The summed E-state index contributed by atoms with van der Waals surface area (Å²) in [5.74, 6) is -0.0155. The van der Waals surface area contributed by atoms with Crippen molar-refractivity contribution in [1.29, 1.82) is 0 Å². The van der Waals surface area contributed by atoms with Gasteiger partial charge in [0.25, 0.3) is 0 Å². The van der Waals surface area contributed by atoms with E-state index in [0.29, 0.717) is 12.0 Å². The second kappa shape index (κ2) is 6.00. The Bertz CT molecular complexity index is 615. The standard InChI is InChI=1S/C18H22O2/c1-4-12-7-8-15(11-14(12)6-3)16-10-9-13(5-2)17(19)18(16)20/h7-11,19-20H,4-6H2,1-3H3. The van der Waals surface area contributed by atoms with Crippen LogP contribution in [0.5, 0.6) is 11.5 Å². The Morgan fingerprint density at radius 2 is 1.30 bits per heavy atom. The molecule has 0 fully saturated rings. The smallest absolute Gasteiger partial charge is 0.165 e. The van der Waals surface area contributed by atoms with Gasteiger partial charge in [-0.05, 0) is 41.5 Å². The van der Waals surface area contributed by atoms with Crippen LogP contribution in [0.25, 0.3) is 11.1 Å². The SMILES string of the molecule is CCc1ccc(-c2ccc(CC)c(O)c2O)cc1CC. The van der Waals surface area contributed by atoms with Gasteiger partial charge in [0.1, 0.15) is 0 Å². The van der Waals surface area contributed by atoms with Crippen molar-refractivity contribution in [3.8, 4) is 22.6 Å². The second-order valence-corrected chi connectivity index (χ2v) is 5.01. The predicted molar refractivity (Wildman–Crippen MR) is 83.3 cm³/mol. The number of phenolic OH excluding ortho intramolecular Hbond substituents is 2. The molecule has 0 aliphatic carbocycles. The Morgan fingerprint density at radius 3 is 1.90 bits per heavy atom. The molecule has 0 aliphatic rings. The number of rotatable bonds is 4. The fourth-order valence-corrected chi connectivity index (χ4v) is 2.61. The van der Waals surface area contributed by atoms with Crippen LogP contribution >= 0.6 is 0 Å². The first-order chi connectivity index (χ1) is 9.62. The molecule has 0 heterocycles. The zero-order chi connectivity index (χ0) is 14.7. The molecule has 0 saturated heterocycles. The van der Waals surface area contributed by atoms with Gasteiger partial charge in [0.15, 0.2) is 11.5 Å². The highest BCUT2D eigenvalue weighted by molar-refractivity contribution is 5.75. The van der Waals surface area contributed by atoms with Gasteiger partial charge in [-0.25, -0.2) is 0 Å². The van der Waals surface area contributed by atoms with Gasteiger partial charge in [-0.3, -0.25) is 0 Å². The molecule has 0 saturated carbocycles. The Morgan fingerprint density at radius 1 is 0.700 bits per heavy atom. The predicted octanol–water partition coefficient (Wildman–Crippen LogP) is 4.45. The number of aromatic hydroxyl groups is 2. The van der Waals surface area contributed by atoms with Gasteiger partial charge in [0.2, 0.25) is 0 Å². The number of hydrogen-bond donors (Lipinski definition) is 2. The van der Waals surface area contributed by atoms with Crippen LogP contribution < -0.4 is 0 Å². The van der Waals surface area contributed by atoms with E-state index in [-0.39, 0.29) is 11.5 Å². The lowest BCUT2D eigenvalue weighted by Gasteiger charge is -2.12. The highest BCUT2D eigenvalue weighted by atomic mass is 16.3. The maximum atomic E-state index is 10.2. The van der Waals surface area contributed by atoms with Crippen LogP contribution in [-0.4, -0.2) is 10.2 Å². The Labute approximate surface area is 120 Å². The molecule has 0 radical (unpaired) electrons. The monoisotopic (exact) mass is 270 g/mol. The van der Waals surface area contributed by atoms with Gasteiger partial charge < -0.3 is 10.2 Å². The maximum absolute atomic E-state index is 10.2. The molecule has 0 atom stereocenters. The van der Waals surface area contributed by atoms with Crippen LogP contribution in [0, 0.1) is 0 Å². The number of phenols is 2. The summed E-state index contributed by atoms with van der Waals surface area (Å²) in [4.78, 5) is 0. The largest absolute Gasteiger partial charge is 0.504 e. The lowest BCUT2D eigenvalue weighted by molar-refractivity contribution is 0.401. The van der Waals surface area contributed by atoms with E-state index >= 15 is 0 Å². The van der Waals surface area contributed by atoms with Gasteiger partial charge in [-0.1, -0.05) is 51.1 Å². The summed E-state index contributed by atoms with van der Waals surface area (Å²) in [6.07, 6.45) is 2.68. The van der Waals surface area contributed by atoms with Crippen LogP contribution in [0.4, 0.5) is 0 Å². The normalized spacial score (nSPS) is 10.8. The van der Waals surface area contributed by atoms with E-state index in [0.717, 1.165) is 24.0 Å². The molecule has 2 N–H and O–H groups in total. The molecule has 2 aromatic rings. The molecular formula is C18H22O2. The Hall–Kier alpha value is -1.96. The van der Waals surface area contributed by atoms with E-state index in [1.54, 1.807) is 0 Å². The fraction of sp³-hybridized carbons (Fsp3) is 0.333. The van der Waals surface area contributed by atoms with E-state index in [1.807, 2.05) is 25.1 Å². The summed E-state index contributed by atoms with van der Waals surface area (Å²) in [7, 11) is 0. The summed E-state index contributed by atoms with van der Waals surface area (Å²) in [5, 5.41) is 20.2.